The first-order chi connectivity index (χ1) is 9.66. The molecule has 0 saturated carbocycles. The van der Waals surface area contributed by atoms with Crippen LogP contribution in [0.15, 0.2) is 41.0 Å². The van der Waals surface area contributed by atoms with Crippen molar-refractivity contribution in [2.45, 2.75) is 25.7 Å². The lowest BCUT2D eigenvalue weighted by molar-refractivity contribution is -0.384. The van der Waals surface area contributed by atoms with Crippen LogP contribution in [0.3, 0.4) is 0 Å². The highest BCUT2D eigenvalue weighted by atomic mass is 16.6. The molecule has 0 aromatic heterocycles. The van der Waals surface area contributed by atoms with E-state index >= 15 is 0 Å². The number of non-ortho nitro benzene ring substituents is 1. The minimum absolute atomic E-state index is 0.114. The summed E-state index contributed by atoms with van der Waals surface area (Å²) in [5, 5.41) is 14.5. The number of rotatable bonds is 4. The molecule has 0 bridgehead atoms. The monoisotopic (exact) mass is 273 g/mol. The number of hydrogen-bond acceptors (Lipinski definition) is 4. The Morgan fingerprint density at radius 1 is 1.40 bits per heavy atom. The van der Waals surface area contributed by atoms with Crippen molar-refractivity contribution >= 4 is 17.8 Å². The molecule has 1 aromatic rings. The molecular formula is C14H15N3O3. The van der Waals surface area contributed by atoms with E-state index in [1.807, 2.05) is 0 Å². The van der Waals surface area contributed by atoms with Gasteiger partial charge in [-0.1, -0.05) is 12.1 Å². The fourth-order valence-electron chi connectivity index (χ4n) is 1.98. The van der Waals surface area contributed by atoms with Crippen molar-refractivity contribution in [3.05, 3.63) is 51.6 Å². The lowest BCUT2D eigenvalue weighted by atomic mass is 10.0. The molecule has 6 nitrogen and oxygen atoms in total. The van der Waals surface area contributed by atoms with Crippen molar-refractivity contribution in [3.63, 3.8) is 0 Å². The van der Waals surface area contributed by atoms with Gasteiger partial charge in [-0.25, -0.2) is 5.43 Å². The molecule has 0 saturated heterocycles. The second-order valence-corrected chi connectivity index (χ2v) is 4.53. The Balaban J connectivity index is 1.98. The molecule has 20 heavy (non-hydrogen) atoms. The Morgan fingerprint density at radius 2 is 2.25 bits per heavy atom. The van der Waals surface area contributed by atoms with Gasteiger partial charge in [-0.3, -0.25) is 14.9 Å². The van der Waals surface area contributed by atoms with Gasteiger partial charge in [0.2, 0.25) is 0 Å². The van der Waals surface area contributed by atoms with Gasteiger partial charge >= 0.3 is 0 Å². The molecule has 1 amide bonds. The van der Waals surface area contributed by atoms with Gasteiger partial charge in [0.15, 0.2) is 0 Å². The van der Waals surface area contributed by atoms with Gasteiger partial charge < -0.3 is 0 Å². The van der Waals surface area contributed by atoms with Crippen LogP contribution in [0.1, 0.15) is 36.0 Å². The first-order valence-corrected chi connectivity index (χ1v) is 6.44. The average Bonchev–Trinajstić information content (AvgIpc) is 2.48. The molecule has 1 N–H and O–H groups in total. The summed E-state index contributed by atoms with van der Waals surface area (Å²) in [6.07, 6.45) is 8.07. The van der Waals surface area contributed by atoms with Crippen molar-refractivity contribution in [3.8, 4) is 0 Å². The minimum atomic E-state index is -0.535. The Labute approximate surface area is 116 Å². The third kappa shape index (κ3) is 3.74. The Bertz CT molecular complexity index is 579. The molecule has 0 radical (unpaired) electrons. The Morgan fingerprint density at radius 3 is 2.95 bits per heavy atom. The van der Waals surface area contributed by atoms with Crippen LogP contribution >= 0.6 is 0 Å². The zero-order valence-corrected chi connectivity index (χ0v) is 10.9. The molecule has 1 aliphatic rings. The molecule has 0 spiro atoms. The molecule has 104 valence electrons. The molecule has 1 aliphatic carbocycles. The predicted molar refractivity (Wildman–Crippen MR) is 75.6 cm³/mol. The van der Waals surface area contributed by atoms with Gasteiger partial charge in [0.25, 0.3) is 11.6 Å². The second kappa shape index (κ2) is 6.60. The van der Waals surface area contributed by atoms with Gasteiger partial charge in [-0.05, 0) is 37.3 Å². The summed E-state index contributed by atoms with van der Waals surface area (Å²) < 4.78 is 0. The molecule has 1 aromatic carbocycles. The summed E-state index contributed by atoms with van der Waals surface area (Å²) in [7, 11) is 0. The van der Waals surface area contributed by atoms with E-state index in [-0.39, 0.29) is 11.3 Å². The normalized spacial score (nSPS) is 14.9. The fourth-order valence-corrected chi connectivity index (χ4v) is 1.98. The van der Waals surface area contributed by atoms with Crippen LogP contribution in [0.5, 0.6) is 0 Å². The van der Waals surface area contributed by atoms with Crippen molar-refractivity contribution in [1.82, 2.24) is 5.43 Å². The number of amides is 1. The fraction of sp³-hybridized carbons (Fsp3) is 0.286. The number of nitro groups is 1. The van der Waals surface area contributed by atoms with Crippen LogP contribution in [-0.2, 0) is 0 Å². The maximum Gasteiger partial charge on any atom is 0.271 e. The lowest BCUT2D eigenvalue weighted by Gasteiger charge is -2.07. The molecular weight excluding hydrogens is 258 g/mol. The van der Waals surface area contributed by atoms with E-state index in [4.69, 9.17) is 0 Å². The number of carbonyl (C=O) groups excluding carboxylic acids is 1. The molecule has 2 rings (SSSR count). The number of hydrogen-bond donors (Lipinski definition) is 1. The number of nitro benzene ring substituents is 1. The van der Waals surface area contributed by atoms with Gasteiger partial charge in [-0.15, -0.1) is 0 Å². The van der Waals surface area contributed by atoms with Crippen molar-refractivity contribution in [1.29, 1.82) is 0 Å². The van der Waals surface area contributed by atoms with E-state index in [1.165, 1.54) is 30.7 Å². The van der Waals surface area contributed by atoms with Crippen LogP contribution in [0.2, 0.25) is 0 Å². The third-order valence-corrected chi connectivity index (χ3v) is 3.04. The lowest BCUT2D eigenvalue weighted by Crippen LogP contribution is -2.17. The molecule has 0 fully saturated rings. The van der Waals surface area contributed by atoms with E-state index in [1.54, 1.807) is 6.21 Å². The van der Waals surface area contributed by atoms with E-state index in [0.29, 0.717) is 0 Å². The van der Waals surface area contributed by atoms with Crippen LogP contribution in [0.4, 0.5) is 5.69 Å². The van der Waals surface area contributed by atoms with Crippen molar-refractivity contribution < 1.29 is 9.72 Å². The first-order valence-electron chi connectivity index (χ1n) is 6.44. The highest BCUT2D eigenvalue weighted by molar-refractivity contribution is 5.95. The SMILES string of the molecule is O=C(N/N=C\C1=CCCCC1)c1cccc([N+](=O)[O-])c1. The number of allylic oxidation sites excluding steroid dienone is 2. The summed E-state index contributed by atoms with van der Waals surface area (Å²) in [5.41, 5.74) is 3.59. The molecule has 0 unspecified atom stereocenters. The second-order valence-electron chi connectivity index (χ2n) is 4.53. The first kappa shape index (κ1) is 13.9. The van der Waals surface area contributed by atoms with Crippen molar-refractivity contribution in [2.24, 2.45) is 5.10 Å². The maximum absolute atomic E-state index is 11.8. The summed E-state index contributed by atoms with van der Waals surface area (Å²) >= 11 is 0. The molecule has 0 atom stereocenters. The van der Waals surface area contributed by atoms with E-state index < -0.39 is 10.8 Å². The smallest absolute Gasteiger partial charge is 0.267 e. The van der Waals surface area contributed by atoms with Crippen LogP contribution in [0.25, 0.3) is 0 Å². The number of carbonyl (C=O) groups is 1. The summed E-state index contributed by atoms with van der Waals surface area (Å²) in [4.78, 5) is 21.9. The number of nitrogens with zero attached hydrogens (tertiary/aromatic N) is 2. The Kier molecular flexibility index (Phi) is 4.60. The van der Waals surface area contributed by atoms with E-state index in [2.05, 4.69) is 16.6 Å². The van der Waals surface area contributed by atoms with Crippen LogP contribution < -0.4 is 5.43 Å². The number of nitrogens with one attached hydrogen (secondary N) is 1. The Hall–Kier alpha value is -2.50. The van der Waals surface area contributed by atoms with Gasteiger partial charge in [0, 0.05) is 17.7 Å². The van der Waals surface area contributed by atoms with Gasteiger partial charge in [0.05, 0.1) is 11.1 Å². The van der Waals surface area contributed by atoms with E-state index in [9.17, 15) is 14.9 Å². The third-order valence-electron chi connectivity index (χ3n) is 3.04. The van der Waals surface area contributed by atoms with Gasteiger partial charge in [-0.2, -0.15) is 5.10 Å². The molecule has 0 heterocycles. The average molecular weight is 273 g/mol. The zero-order valence-electron chi connectivity index (χ0n) is 10.9. The predicted octanol–water partition coefficient (Wildman–Crippen LogP) is 2.81. The van der Waals surface area contributed by atoms with Crippen LogP contribution in [0, 0.1) is 10.1 Å². The highest BCUT2D eigenvalue weighted by Crippen LogP contribution is 2.15. The minimum Gasteiger partial charge on any atom is -0.267 e. The standard InChI is InChI=1S/C14H15N3O3/c18-14(12-7-4-8-13(9-12)17(19)20)16-15-10-11-5-2-1-3-6-11/h4-5,7-10H,1-3,6H2,(H,16,18)/b15-10-. The summed E-state index contributed by atoms with van der Waals surface area (Å²) in [5.74, 6) is -0.457. The van der Waals surface area contributed by atoms with Gasteiger partial charge in [0.1, 0.15) is 0 Å². The number of hydrazone groups is 1. The number of benzene rings is 1. The largest absolute Gasteiger partial charge is 0.271 e. The summed E-state index contributed by atoms with van der Waals surface area (Å²) in [6, 6.07) is 5.55. The molecule has 6 heteroatoms. The maximum atomic E-state index is 11.8. The topological polar surface area (TPSA) is 84.6 Å². The quantitative estimate of drug-likeness (QED) is 0.520. The molecule has 0 aliphatic heterocycles. The van der Waals surface area contributed by atoms with Crippen molar-refractivity contribution in [2.75, 3.05) is 0 Å². The summed E-state index contributed by atoms with van der Waals surface area (Å²) in [6.45, 7) is 0. The van der Waals surface area contributed by atoms with E-state index in [0.717, 1.165) is 24.8 Å². The zero-order chi connectivity index (χ0) is 14.4. The van der Waals surface area contributed by atoms with Crippen LogP contribution in [-0.4, -0.2) is 17.0 Å². The highest BCUT2D eigenvalue weighted by Gasteiger charge is 2.10.